The lowest BCUT2D eigenvalue weighted by atomic mass is 9.63. The predicted molar refractivity (Wildman–Crippen MR) is 59.0 cm³/mol. The Morgan fingerprint density at radius 1 is 1.38 bits per heavy atom. The minimum absolute atomic E-state index is 0.0225. The summed E-state index contributed by atoms with van der Waals surface area (Å²) in [6.07, 6.45) is 1.48. The molecule has 1 saturated heterocycles. The van der Waals surface area contributed by atoms with Crippen LogP contribution in [-0.4, -0.2) is 29.0 Å². The van der Waals surface area contributed by atoms with Gasteiger partial charge in [-0.1, -0.05) is 6.07 Å². The maximum absolute atomic E-state index is 11.0. The molecule has 1 aromatic heterocycles. The Balaban J connectivity index is 1.69. The number of rotatable bonds is 2. The summed E-state index contributed by atoms with van der Waals surface area (Å²) in [5, 5.41) is 9.00. The van der Waals surface area contributed by atoms with Gasteiger partial charge < -0.3 is 10.0 Å². The summed E-state index contributed by atoms with van der Waals surface area (Å²) in [5.41, 5.74) is 0.955. The molecule has 0 bridgehead atoms. The second-order valence-electron chi connectivity index (χ2n) is 4.89. The molecule has 1 aliphatic heterocycles. The summed E-state index contributed by atoms with van der Waals surface area (Å²) >= 11 is 0. The van der Waals surface area contributed by atoms with Crippen LogP contribution in [0.5, 0.6) is 0 Å². The maximum atomic E-state index is 11.0. The van der Waals surface area contributed by atoms with Gasteiger partial charge in [0, 0.05) is 31.3 Å². The average Bonchev–Trinajstić information content (AvgIpc) is 2.21. The van der Waals surface area contributed by atoms with Crippen LogP contribution < -0.4 is 4.90 Å². The van der Waals surface area contributed by atoms with Gasteiger partial charge in [-0.15, -0.1) is 0 Å². The van der Waals surface area contributed by atoms with Gasteiger partial charge in [0.15, 0.2) is 0 Å². The molecule has 4 heteroatoms. The van der Waals surface area contributed by atoms with Crippen LogP contribution in [0.25, 0.3) is 0 Å². The number of aliphatic hydroxyl groups excluding tert-OH is 1. The minimum Gasteiger partial charge on any atom is -0.390 e. The molecule has 0 aromatic carbocycles. The van der Waals surface area contributed by atoms with E-state index in [0.717, 1.165) is 31.7 Å². The summed E-state index contributed by atoms with van der Waals surface area (Å²) in [6, 6.07) is 5.67. The lowest BCUT2D eigenvalue weighted by molar-refractivity contribution is -0.134. The van der Waals surface area contributed by atoms with Gasteiger partial charge in [0.2, 0.25) is 0 Å². The zero-order chi connectivity index (χ0) is 11.2. The molecule has 1 aromatic rings. The Morgan fingerprint density at radius 3 is 2.75 bits per heavy atom. The Hall–Kier alpha value is -1.42. The van der Waals surface area contributed by atoms with Crippen molar-refractivity contribution >= 4 is 11.6 Å². The van der Waals surface area contributed by atoms with Crippen molar-refractivity contribution in [2.75, 3.05) is 18.0 Å². The standard InChI is InChI=1S/C12H14N2O2/c15-6-9-2-1-3-11(13-9)14-7-12(8-14)4-10(16)5-12/h1-3,15H,4-8H2. The van der Waals surface area contributed by atoms with E-state index < -0.39 is 0 Å². The Morgan fingerprint density at radius 2 is 2.12 bits per heavy atom. The van der Waals surface area contributed by atoms with Gasteiger partial charge in [-0.3, -0.25) is 4.79 Å². The largest absolute Gasteiger partial charge is 0.390 e. The number of aliphatic hydroxyl groups is 1. The number of Topliss-reactive ketones (excluding diaryl/α,β-unsaturated/α-hetero) is 1. The number of nitrogens with zero attached hydrogens (tertiary/aromatic N) is 2. The highest BCUT2D eigenvalue weighted by atomic mass is 16.3. The van der Waals surface area contributed by atoms with Crippen molar-refractivity contribution in [1.82, 2.24) is 4.98 Å². The monoisotopic (exact) mass is 218 g/mol. The number of aromatic nitrogens is 1. The van der Waals surface area contributed by atoms with Crippen LogP contribution in [0.1, 0.15) is 18.5 Å². The number of pyridine rings is 1. The number of ketones is 1. The molecule has 2 fully saturated rings. The van der Waals surface area contributed by atoms with E-state index in [-0.39, 0.29) is 12.0 Å². The summed E-state index contributed by atoms with van der Waals surface area (Å²) in [7, 11) is 0. The smallest absolute Gasteiger partial charge is 0.134 e. The minimum atomic E-state index is -0.0225. The second kappa shape index (κ2) is 3.28. The van der Waals surface area contributed by atoms with Crippen LogP contribution in [0.2, 0.25) is 0 Å². The molecule has 2 aliphatic rings. The molecule has 1 N–H and O–H groups in total. The van der Waals surface area contributed by atoms with Crippen molar-refractivity contribution in [2.24, 2.45) is 5.41 Å². The van der Waals surface area contributed by atoms with Crippen LogP contribution >= 0.6 is 0 Å². The van der Waals surface area contributed by atoms with E-state index in [1.54, 1.807) is 0 Å². The number of hydrogen-bond donors (Lipinski definition) is 1. The lowest BCUT2D eigenvalue weighted by Crippen LogP contribution is -2.63. The first kappa shape index (κ1) is 9.78. The van der Waals surface area contributed by atoms with Crippen molar-refractivity contribution in [3.8, 4) is 0 Å². The van der Waals surface area contributed by atoms with Gasteiger partial charge in [-0.2, -0.15) is 0 Å². The number of carbonyl (C=O) groups is 1. The molecule has 1 saturated carbocycles. The second-order valence-corrected chi connectivity index (χ2v) is 4.89. The predicted octanol–water partition coefficient (Wildman–Crippen LogP) is 0.743. The topological polar surface area (TPSA) is 53.4 Å². The zero-order valence-corrected chi connectivity index (χ0v) is 9.02. The zero-order valence-electron chi connectivity index (χ0n) is 9.02. The third-order valence-electron chi connectivity index (χ3n) is 3.47. The lowest BCUT2D eigenvalue weighted by Gasteiger charge is -2.55. The number of anilines is 1. The molecule has 1 spiro atoms. The third kappa shape index (κ3) is 1.41. The quantitative estimate of drug-likeness (QED) is 0.795. The van der Waals surface area contributed by atoms with Crippen molar-refractivity contribution < 1.29 is 9.90 Å². The SMILES string of the molecule is O=C1CC2(C1)CN(c1cccc(CO)n1)C2. The van der Waals surface area contributed by atoms with Crippen LogP contribution in [0.15, 0.2) is 18.2 Å². The van der Waals surface area contributed by atoms with E-state index in [2.05, 4.69) is 9.88 Å². The van der Waals surface area contributed by atoms with Crippen molar-refractivity contribution in [3.05, 3.63) is 23.9 Å². The first-order valence-electron chi connectivity index (χ1n) is 5.54. The molecule has 0 amide bonds. The average molecular weight is 218 g/mol. The molecule has 0 atom stereocenters. The molecule has 84 valence electrons. The van der Waals surface area contributed by atoms with Crippen molar-refractivity contribution in [2.45, 2.75) is 19.4 Å². The highest BCUT2D eigenvalue weighted by Gasteiger charge is 2.52. The van der Waals surface area contributed by atoms with Crippen LogP contribution in [0.4, 0.5) is 5.82 Å². The fraction of sp³-hybridized carbons (Fsp3) is 0.500. The molecule has 16 heavy (non-hydrogen) atoms. The summed E-state index contributed by atoms with van der Waals surface area (Å²) in [4.78, 5) is 17.5. The van der Waals surface area contributed by atoms with Crippen molar-refractivity contribution in [3.63, 3.8) is 0 Å². The molecule has 2 heterocycles. The normalized spacial score (nSPS) is 21.8. The Bertz CT molecular complexity index is 428. The van der Waals surface area contributed by atoms with E-state index in [0.29, 0.717) is 11.5 Å². The molecule has 4 nitrogen and oxygen atoms in total. The van der Waals surface area contributed by atoms with Crippen LogP contribution in [0.3, 0.4) is 0 Å². The number of hydrogen-bond acceptors (Lipinski definition) is 4. The van der Waals surface area contributed by atoms with E-state index in [9.17, 15) is 4.79 Å². The molecular formula is C12H14N2O2. The van der Waals surface area contributed by atoms with E-state index in [1.165, 1.54) is 0 Å². The first-order chi connectivity index (χ1) is 7.71. The number of carbonyl (C=O) groups excluding carboxylic acids is 1. The summed E-state index contributed by atoms with van der Waals surface area (Å²) in [6.45, 7) is 1.84. The van der Waals surface area contributed by atoms with Gasteiger partial charge in [0.05, 0.1) is 12.3 Å². The van der Waals surface area contributed by atoms with Gasteiger partial charge in [-0.25, -0.2) is 4.98 Å². The first-order valence-corrected chi connectivity index (χ1v) is 5.54. The Kier molecular flexibility index (Phi) is 2.01. The van der Waals surface area contributed by atoms with E-state index >= 15 is 0 Å². The van der Waals surface area contributed by atoms with Crippen LogP contribution in [-0.2, 0) is 11.4 Å². The molecule has 3 rings (SSSR count). The van der Waals surface area contributed by atoms with Gasteiger partial charge in [0.25, 0.3) is 0 Å². The summed E-state index contributed by atoms with van der Waals surface area (Å²) < 4.78 is 0. The van der Waals surface area contributed by atoms with Gasteiger partial charge >= 0.3 is 0 Å². The van der Waals surface area contributed by atoms with Crippen LogP contribution in [0, 0.1) is 5.41 Å². The molecule has 1 aliphatic carbocycles. The fourth-order valence-electron chi connectivity index (χ4n) is 2.66. The van der Waals surface area contributed by atoms with E-state index in [4.69, 9.17) is 5.11 Å². The molecule has 0 radical (unpaired) electrons. The highest BCUT2D eigenvalue weighted by molar-refractivity contribution is 5.87. The van der Waals surface area contributed by atoms with E-state index in [1.807, 2.05) is 18.2 Å². The molecular weight excluding hydrogens is 204 g/mol. The van der Waals surface area contributed by atoms with Gasteiger partial charge in [0.1, 0.15) is 11.6 Å². The van der Waals surface area contributed by atoms with Gasteiger partial charge in [-0.05, 0) is 12.1 Å². The maximum Gasteiger partial charge on any atom is 0.134 e. The fourth-order valence-corrected chi connectivity index (χ4v) is 2.66. The van der Waals surface area contributed by atoms with Crippen molar-refractivity contribution in [1.29, 1.82) is 0 Å². The molecule has 0 unspecified atom stereocenters. The third-order valence-corrected chi connectivity index (χ3v) is 3.47. The highest BCUT2D eigenvalue weighted by Crippen LogP contribution is 2.46. The Labute approximate surface area is 93.9 Å². The summed E-state index contributed by atoms with van der Waals surface area (Å²) in [5.74, 6) is 1.30.